The Hall–Kier alpha value is -5.74. The largest absolute Gasteiger partial charge is 0.441 e. The van der Waals surface area contributed by atoms with Crippen LogP contribution >= 0.6 is 0 Å². The smallest absolute Gasteiger partial charge is 0.256 e. The molecule has 1 unspecified atom stereocenters. The molecule has 7 aromatic rings. The average molecular weight is 881 g/mol. The summed E-state index contributed by atoms with van der Waals surface area (Å²) in [5.74, 6) is 2.46. The van der Waals surface area contributed by atoms with Gasteiger partial charge in [-0.15, -0.1) is 0 Å². The monoisotopic (exact) mass is 881 g/mol. The van der Waals surface area contributed by atoms with Crippen LogP contribution in [0.5, 0.6) is 0 Å². The lowest BCUT2D eigenvalue weighted by molar-refractivity contribution is 0.123. The van der Waals surface area contributed by atoms with E-state index in [0.717, 1.165) is 23.8 Å². The third kappa shape index (κ3) is 6.89. The molecule has 0 amide bonds. The van der Waals surface area contributed by atoms with Crippen molar-refractivity contribution in [1.29, 1.82) is 0 Å². The SMILES string of the molecule is Cc1cc2c3c(c1)N(c1ccc(C(C)(C)C)cc1)c1oc4c(c1B3c1cc(C(C)(C)C)ccc1N2c1ccc(C(C)(C)C)cc1-c1cccc2ccccc12)CC1C(=C4)C(C)(C)CCC1(C)C. The minimum Gasteiger partial charge on any atom is -0.441 e. The lowest BCUT2D eigenvalue weighted by Crippen LogP contribution is -2.62. The fraction of sp³-hybridized carbons (Fsp3) is 0.365. The molecule has 2 aliphatic carbocycles. The van der Waals surface area contributed by atoms with Gasteiger partial charge in [0.25, 0.3) is 6.71 Å². The average Bonchev–Trinajstić information content (AvgIpc) is 3.64. The Bertz CT molecular complexity index is 3190. The van der Waals surface area contributed by atoms with Gasteiger partial charge >= 0.3 is 0 Å². The van der Waals surface area contributed by atoms with E-state index in [-0.39, 0.29) is 33.8 Å². The van der Waals surface area contributed by atoms with Gasteiger partial charge in [-0.2, -0.15) is 0 Å². The number of aryl methyl sites for hydroxylation is 1. The number of furan rings is 1. The first-order valence-corrected chi connectivity index (χ1v) is 25.0. The second-order valence-corrected chi connectivity index (χ2v) is 25.0. The van der Waals surface area contributed by atoms with E-state index < -0.39 is 0 Å². The predicted molar refractivity (Wildman–Crippen MR) is 288 cm³/mol. The molecule has 0 saturated heterocycles. The van der Waals surface area contributed by atoms with Gasteiger partial charge in [-0.25, -0.2) is 0 Å². The van der Waals surface area contributed by atoms with E-state index in [1.54, 1.807) is 5.57 Å². The van der Waals surface area contributed by atoms with Crippen molar-refractivity contribution in [2.24, 2.45) is 16.7 Å². The van der Waals surface area contributed by atoms with Crippen molar-refractivity contribution < 1.29 is 4.42 Å². The first-order valence-electron chi connectivity index (χ1n) is 25.0. The van der Waals surface area contributed by atoms with Crippen LogP contribution in [0.15, 0.2) is 125 Å². The van der Waals surface area contributed by atoms with Gasteiger partial charge < -0.3 is 9.32 Å². The second-order valence-electron chi connectivity index (χ2n) is 25.0. The van der Waals surface area contributed by atoms with E-state index in [1.807, 2.05) is 0 Å². The maximum absolute atomic E-state index is 7.52. The summed E-state index contributed by atoms with van der Waals surface area (Å²) in [6.07, 6.45) is 5.89. The van der Waals surface area contributed by atoms with Crippen LogP contribution in [0.4, 0.5) is 34.3 Å². The van der Waals surface area contributed by atoms with E-state index in [9.17, 15) is 0 Å². The summed E-state index contributed by atoms with van der Waals surface area (Å²) in [5.41, 5.74) is 20.9. The van der Waals surface area contributed by atoms with E-state index in [2.05, 4.69) is 228 Å². The van der Waals surface area contributed by atoms with Gasteiger partial charge in [-0.05, 0) is 168 Å². The summed E-state index contributed by atoms with van der Waals surface area (Å²) in [7, 11) is 0. The lowest BCUT2D eigenvalue weighted by Gasteiger charge is -2.50. The Morgan fingerprint density at radius 3 is 1.88 bits per heavy atom. The van der Waals surface area contributed by atoms with Crippen molar-refractivity contribution in [2.45, 2.75) is 132 Å². The first kappa shape index (κ1) is 43.8. The van der Waals surface area contributed by atoms with Crippen LogP contribution in [0.1, 0.15) is 136 Å². The number of rotatable bonds is 3. The number of hydrogen-bond donors (Lipinski definition) is 0. The van der Waals surface area contributed by atoms with Gasteiger partial charge in [0.2, 0.25) is 5.88 Å². The number of allylic oxidation sites excluding steroid dienone is 1. The third-order valence-electron chi connectivity index (χ3n) is 16.4. The maximum atomic E-state index is 7.52. The number of nitrogens with zero attached hydrogens (tertiary/aromatic N) is 2. The molecule has 0 bridgehead atoms. The normalized spacial score (nSPS) is 18.2. The zero-order valence-corrected chi connectivity index (χ0v) is 42.6. The number of benzene rings is 6. The molecule has 1 fully saturated rings. The molecule has 1 aromatic heterocycles. The van der Waals surface area contributed by atoms with Gasteiger partial charge in [0.1, 0.15) is 5.76 Å². The second kappa shape index (κ2) is 14.6. The van der Waals surface area contributed by atoms with Crippen LogP contribution in [0.2, 0.25) is 0 Å². The van der Waals surface area contributed by atoms with Crippen molar-refractivity contribution in [3.05, 3.63) is 154 Å². The van der Waals surface area contributed by atoms with Gasteiger partial charge in [0.15, 0.2) is 0 Å². The highest BCUT2D eigenvalue weighted by Crippen LogP contribution is 2.57. The van der Waals surface area contributed by atoms with Crippen LogP contribution < -0.4 is 26.2 Å². The van der Waals surface area contributed by atoms with Crippen LogP contribution in [-0.4, -0.2) is 6.71 Å². The van der Waals surface area contributed by atoms with Crippen LogP contribution in [0.25, 0.3) is 28.0 Å². The Morgan fingerprint density at radius 1 is 0.582 bits per heavy atom. The van der Waals surface area contributed by atoms with Gasteiger partial charge in [0.05, 0.1) is 5.69 Å². The topological polar surface area (TPSA) is 19.6 Å². The molecule has 67 heavy (non-hydrogen) atoms. The van der Waals surface area contributed by atoms with Crippen molar-refractivity contribution >= 4 is 74.3 Å². The first-order chi connectivity index (χ1) is 31.5. The van der Waals surface area contributed by atoms with E-state index in [0.29, 0.717) is 5.92 Å². The summed E-state index contributed by atoms with van der Waals surface area (Å²) in [6, 6.07) is 44.6. The number of fused-ring (bicyclic) bond motifs is 8. The van der Waals surface area contributed by atoms with E-state index in [1.165, 1.54) is 102 Å². The van der Waals surface area contributed by atoms with Crippen LogP contribution in [-0.2, 0) is 22.7 Å². The standard InChI is InChI=1S/C63H69BN2O/c1-38-32-53-57-54(33-38)66(51-28-24-41(60(5,6)7)34-46(51)45-21-17-19-39-18-15-16-20-44(39)45)52-29-25-42(61(8,9)10)35-50(52)64(57)56-47-36-48-49(63(13,14)31-30-62(48,11)12)37-55(47)67-58(56)65(53)43-26-22-40(23-27-43)59(2,3)4/h15-29,32-35,37,48H,30-31,36H2,1-14H3. The molecule has 3 heterocycles. The molecule has 11 rings (SSSR count). The van der Waals surface area contributed by atoms with Crippen molar-refractivity contribution in [2.75, 3.05) is 9.80 Å². The Labute approximate surface area is 401 Å². The zero-order chi connectivity index (χ0) is 47.3. The van der Waals surface area contributed by atoms with Gasteiger partial charge in [0, 0.05) is 28.3 Å². The lowest BCUT2D eigenvalue weighted by atomic mass is 9.32. The molecule has 340 valence electrons. The Balaban J connectivity index is 1.25. The molecule has 4 heteroatoms. The summed E-state index contributed by atoms with van der Waals surface area (Å²) in [5, 5.41) is 2.52. The van der Waals surface area contributed by atoms with Crippen molar-refractivity contribution in [3.8, 4) is 11.1 Å². The fourth-order valence-corrected chi connectivity index (χ4v) is 12.2. The van der Waals surface area contributed by atoms with Crippen molar-refractivity contribution in [1.82, 2.24) is 0 Å². The summed E-state index contributed by atoms with van der Waals surface area (Å²) < 4.78 is 7.52. The zero-order valence-electron chi connectivity index (χ0n) is 42.6. The van der Waals surface area contributed by atoms with E-state index in [4.69, 9.17) is 4.42 Å². The number of hydrogen-bond acceptors (Lipinski definition) is 3. The molecule has 4 aliphatic rings. The molecule has 1 saturated carbocycles. The molecular formula is C63H69BN2O. The molecule has 1 atom stereocenters. The molecular weight excluding hydrogens is 812 g/mol. The van der Waals surface area contributed by atoms with Gasteiger partial charge in [-0.1, -0.05) is 168 Å². The molecule has 3 nitrogen and oxygen atoms in total. The molecule has 2 aliphatic heterocycles. The predicted octanol–water partition coefficient (Wildman–Crippen LogP) is 15.8. The van der Waals surface area contributed by atoms with Crippen molar-refractivity contribution in [3.63, 3.8) is 0 Å². The molecule has 0 N–H and O–H groups in total. The van der Waals surface area contributed by atoms with Gasteiger partial charge in [-0.3, -0.25) is 4.90 Å². The Kier molecular flexibility index (Phi) is 9.57. The third-order valence-corrected chi connectivity index (χ3v) is 16.4. The summed E-state index contributed by atoms with van der Waals surface area (Å²) in [4.78, 5) is 5.13. The highest BCUT2D eigenvalue weighted by atomic mass is 16.4. The molecule has 6 aromatic carbocycles. The fourth-order valence-electron chi connectivity index (χ4n) is 12.2. The molecule has 0 spiro atoms. The minimum atomic E-state index is -0.0534. The minimum absolute atomic E-state index is 0.0312. The van der Waals surface area contributed by atoms with E-state index >= 15 is 0 Å². The quantitative estimate of drug-likeness (QED) is 0.165. The highest BCUT2D eigenvalue weighted by Gasteiger charge is 2.51. The van der Waals surface area contributed by atoms with Crippen LogP contribution in [0.3, 0.4) is 0 Å². The molecule has 0 radical (unpaired) electrons. The van der Waals surface area contributed by atoms with Crippen LogP contribution in [0, 0.1) is 23.7 Å². The Morgan fingerprint density at radius 2 is 1.19 bits per heavy atom. The highest BCUT2D eigenvalue weighted by molar-refractivity contribution is 7.00. The summed E-state index contributed by atoms with van der Waals surface area (Å²) >= 11 is 0. The number of anilines is 6. The maximum Gasteiger partial charge on any atom is 0.256 e. The summed E-state index contributed by atoms with van der Waals surface area (Å²) in [6.45, 7) is 33.2.